The van der Waals surface area contributed by atoms with E-state index in [1.54, 1.807) is 19.5 Å². The maximum absolute atomic E-state index is 12.5. The van der Waals surface area contributed by atoms with Gasteiger partial charge in [0, 0.05) is 31.3 Å². The minimum absolute atomic E-state index is 0.00538. The number of rotatable bonds is 4. The first kappa shape index (κ1) is 16.8. The minimum Gasteiger partial charge on any atom is -0.497 e. The van der Waals surface area contributed by atoms with Crippen LogP contribution in [0.25, 0.3) is 0 Å². The standard InChI is InChI=1S/C20H23N3O3/c1-25-17-5-4-15-8-14(13-26-19(15)10-17)9-16-11-21-12-18(22-16)20(24)23-6-2-3-7-23/h4-5,10-12,14H,2-3,6-9,13H2,1H3/t14-/m0/s1. The highest BCUT2D eigenvalue weighted by molar-refractivity contribution is 5.92. The summed E-state index contributed by atoms with van der Waals surface area (Å²) in [5, 5.41) is 0. The van der Waals surface area contributed by atoms with Crippen molar-refractivity contribution >= 4 is 5.91 Å². The van der Waals surface area contributed by atoms with Gasteiger partial charge in [-0.15, -0.1) is 0 Å². The highest BCUT2D eigenvalue weighted by atomic mass is 16.5. The van der Waals surface area contributed by atoms with E-state index in [1.165, 1.54) is 5.56 Å². The first-order valence-electron chi connectivity index (χ1n) is 9.13. The Kier molecular flexibility index (Phi) is 4.73. The van der Waals surface area contributed by atoms with Crippen molar-refractivity contribution in [2.75, 3.05) is 26.8 Å². The molecular weight excluding hydrogens is 330 g/mol. The van der Waals surface area contributed by atoms with Crippen molar-refractivity contribution in [3.63, 3.8) is 0 Å². The Morgan fingerprint density at radius 3 is 2.96 bits per heavy atom. The summed E-state index contributed by atoms with van der Waals surface area (Å²) >= 11 is 0. The zero-order valence-electron chi connectivity index (χ0n) is 15.0. The van der Waals surface area contributed by atoms with Crippen molar-refractivity contribution in [3.05, 3.63) is 47.5 Å². The Balaban J connectivity index is 1.44. The van der Waals surface area contributed by atoms with Crippen LogP contribution in [-0.4, -0.2) is 47.6 Å². The Bertz CT molecular complexity index is 803. The second-order valence-corrected chi connectivity index (χ2v) is 6.95. The number of carbonyl (C=O) groups is 1. The molecule has 136 valence electrons. The van der Waals surface area contributed by atoms with Gasteiger partial charge >= 0.3 is 0 Å². The maximum Gasteiger partial charge on any atom is 0.274 e. The van der Waals surface area contributed by atoms with Gasteiger partial charge in [-0.25, -0.2) is 4.98 Å². The first-order valence-corrected chi connectivity index (χ1v) is 9.13. The molecule has 1 fully saturated rings. The SMILES string of the molecule is COc1ccc2c(c1)OC[C@H](Cc1cncc(C(=O)N3CCCC3)n1)C2. The largest absolute Gasteiger partial charge is 0.497 e. The molecule has 3 heterocycles. The lowest BCUT2D eigenvalue weighted by Crippen LogP contribution is -2.29. The number of hydrogen-bond donors (Lipinski definition) is 0. The highest BCUT2D eigenvalue weighted by Crippen LogP contribution is 2.31. The zero-order chi connectivity index (χ0) is 17.9. The highest BCUT2D eigenvalue weighted by Gasteiger charge is 2.24. The average molecular weight is 353 g/mol. The number of methoxy groups -OCH3 is 1. The van der Waals surface area contributed by atoms with Crippen LogP contribution in [0.1, 0.15) is 34.6 Å². The lowest BCUT2D eigenvalue weighted by Gasteiger charge is -2.25. The van der Waals surface area contributed by atoms with E-state index in [-0.39, 0.29) is 5.91 Å². The number of fused-ring (bicyclic) bond motifs is 1. The van der Waals surface area contributed by atoms with Gasteiger partial charge in [0.2, 0.25) is 0 Å². The van der Waals surface area contributed by atoms with E-state index in [0.29, 0.717) is 18.2 Å². The number of benzene rings is 1. The van der Waals surface area contributed by atoms with Crippen LogP contribution in [0.15, 0.2) is 30.6 Å². The number of ether oxygens (including phenoxy) is 2. The second-order valence-electron chi connectivity index (χ2n) is 6.95. The number of likely N-dealkylation sites (tertiary alicyclic amines) is 1. The topological polar surface area (TPSA) is 64.6 Å². The Morgan fingerprint density at radius 1 is 1.31 bits per heavy atom. The number of carbonyl (C=O) groups excluding carboxylic acids is 1. The second kappa shape index (κ2) is 7.32. The van der Waals surface area contributed by atoms with Gasteiger partial charge in [-0.05, 0) is 37.3 Å². The first-order chi connectivity index (χ1) is 12.7. The summed E-state index contributed by atoms with van der Waals surface area (Å²) in [5.41, 5.74) is 2.48. The van der Waals surface area contributed by atoms with Crippen molar-refractivity contribution in [1.82, 2.24) is 14.9 Å². The Morgan fingerprint density at radius 2 is 2.15 bits per heavy atom. The van der Waals surface area contributed by atoms with E-state index in [4.69, 9.17) is 9.47 Å². The van der Waals surface area contributed by atoms with Crippen LogP contribution in [-0.2, 0) is 12.8 Å². The van der Waals surface area contributed by atoms with Gasteiger partial charge in [0.1, 0.15) is 17.2 Å². The van der Waals surface area contributed by atoms with E-state index < -0.39 is 0 Å². The van der Waals surface area contributed by atoms with Crippen LogP contribution in [0, 0.1) is 5.92 Å². The molecule has 2 aliphatic rings. The molecule has 1 saturated heterocycles. The molecule has 0 radical (unpaired) electrons. The third kappa shape index (κ3) is 3.49. The van der Waals surface area contributed by atoms with Gasteiger partial charge in [-0.3, -0.25) is 9.78 Å². The van der Waals surface area contributed by atoms with Gasteiger partial charge in [0.25, 0.3) is 5.91 Å². The van der Waals surface area contributed by atoms with E-state index >= 15 is 0 Å². The fourth-order valence-electron chi connectivity index (χ4n) is 3.66. The predicted octanol–water partition coefficient (Wildman–Crippen LogP) is 2.52. The number of aromatic nitrogens is 2. The molecule has 0 bridgehead atoms. The van der Waals surface area contributed by atoms with Crippen molar-refractivity contribution in [2.24, 2.45) is 5.92 Å². The molecular formula is C20H23N3O3. The van der Waals surface area contributed by atoms with E-state index in [2.05, 4.69) is 16.0 Å². The van der Waals surface area contributed by atoms with Gasteiger partial charge in [-0.2, -0.15) is 0 Å². The van der Waals surface area contributed by atoms with Crippen LogP contribution >= 0.6 is 0 Å². The molecule has 4 rings (SSSR count). The molecule has 1 atom stereocenters. The molecule has 0 unspecified atom stereocenters. The fourth-order valence-corrected chi connectivity index (χ4v) is 3.66. The molecule has 6 nitrogen and oxygen atoms in total. The summed E-state index contributed by atoms with van der Waals surface area (Å²) < 4.78 is 11.2. The third-order valence-corrected chi connectivity index (χ3v) is 5.05. The Labute approximate surface area is 153 Å². The van der Waals surface area contributed by atoms with Crippen LogP contribution in [0.3, 0.4) is 0 Å². The van der Waals surface area contributed by atoms with Crippen LogP contribution < -0.4 is 9.47 Å². The molecule has 0 spiro atoms. The molecule has 2 aliphatic heterocycles. The van der Waals surface area contributed by atoms with Gasteiger partial charge in [0.05, 0.1) is 25.6 Å². The zero-order valence-corrected chi connectivity index (χ0v) is 15.0. The molecule has 1 aromatic heterocycles. The van der Waals surface area contributed by atoms with E-state index in [1.807, 2.05) is 17.0 Å². The molecule has 1 aromatic carbocycles. The summed E-state index contributed by atoms with van der Waals surface area (Å²) in [4.78, 5) is 23.2. The molecule has 0 N–H and O–H groups in total. The van der Waals surface area contributed by atoms with Gasteiger partial charge in [0.15, 0.2) is 0 Å². The molecule has 26 heavy (non-hydrogen) atoms. The van der Waals surface area contributed by atoms with Gasteiger partial charge < -0.3 is 14.4 Å². The molecule has 2 aromatic rings. The lowest BCUT2D eigenvalue weighted by atomic mass is 9.93. The van der Waals surface area contributed by atoms with Crippen molar-refractivity contribution in [3.8, 4) is 11.5 Å². The Hall–Kier alpha value is -2.63. The maximum atomic E-state index is 12.5. The van der Waals surface area contributed by atoms with E-state index in [9.17, 15) is 4.79 Å². The normalized spacial score (nSPS) is 19.0. The van der Waals surface area contributed by atoms with Crippen molar-refractivity contribution in [2.45, 2.75) is 25.7 Å². The summed E-state index contributed by atoms with van der Waals surface area (Å²) in [6.45, 7) is 2.27. The minimum atomic E-state index is -0.00538. The molecule has 6 heteroatoms. The molecule has 0 saturated carbocycles. The van der Waals surface area contributed by atoms with Crippen molar-refractivity contribution < 1.29 is 14.3 Å². The molecule has 1 amide bonds. The average Bonchev–Trinajstić information content (AvgIpc) is 3.22. The summed E-state index contributed by atoms with van der Waals surface area (Å²) in [6.07, 6.45) is 7.14. The molecule has 0 aliphatic carbocycles. The number of amides is 1. The summed E-state index contributed by atoms with van der Waals surface area (Å²) in [7, 11) is 1.66. The van der Waals surface area contributed by atoms with Crippen molar-refractivity contribution in [1.29, 1.82) is 0 Å². The van der Waals surface area contributed by atoms with Crippen LogP contribution in [0.4, 0.5) is 0 Å². The number of hydrogen-bond acceptors (Lipinski definition) is 5. The van der Waals surface area contributed by atoms with Gasteiger partial charge in [-0.1, -0.05) is 6.07 Å². The quantitative estimate of drug-likeness (QED) is 0.845. The number of nitrogens with zero attached hydrogens (tertiary/aromatic N) is 3. The third-order valence-electron chi connectivity index (χ3n) is 5.05. The predicted molar refractivity (Wildman–Crippen MR) is 96.6 cm³/mol. The van der Waals surface area contributed by atoms with E-state index in [0.717, 1.165) is 56.0 Å². The summed E-state index contributed by atoms with van der Waals surface area (Å²) in [6, 6.07) is 5.94. The fraction of sp³-hybridized carbons (Fsp3) is 0.450. The van der Waals surface area contributed by atoms with Crippen LogP contribution in [0.2, 0.25) is 0 Å². The smallest absolute Gasteiger partial charge is 0.274 e. The van der Waals surface area contributed by atoms with Crippen LogP contribution in [0.5, 0.6) is 11.5 Å². The monoisotopic (exact) mass is 353 g/mol. The lowest BCUT2D eigenvalue weighted by molar-refractivity contribution is 0.0786. The summed E-state index contributed by atoms with van der Waals surface area (Å²) in [5.74, 6) is 2.02.